The van der Waals surface area contributed by atoms with Crippen molar-refractivity contribution in [2.24, 2.45) is 11.5 Å². The summed E-state index contributed by atoms with van der Waals surface area (Å²) in [6, 6.07) is -3.55. The predicted molar refractivity (Wildman–Crippen MR) is 88.1 cm³/mol. The summed E-state index contributed by atoms with van der Waals surface area (Å²) in [5.41, 5.74) is 13.6. The molecule has 0 heterocycles. The van der Waals surface area contributed by atoms with Crippen LogP contribution >= 0.6 is 0 Å². The van der Waals surface area contributed by atoms with Crippen molar-refractivity contribution >= 4 is 17.9 Å². The average molecular weight is 364 g/mol. The van der Waals surface area contributed by atoms with Gasteiger partial charge in [-0.05, 0) is 6.92 Å². The van der Waals surface area contributed by atoms with E-state index < -0.39 is 42.1 Å². The van der Waals surface area contributed by atoms with Crippen molar-refractivity contribution in [3.8, 4) is 0 Å². The number of carboxylic acids is 1. The van der Waals surface area contributed by atoms with E-state index in [9.17, 15) is 19.5 Å². The molecule has 0 bridgehead atoms. The van der Waals surface area contributed by atoms with Crippen LogP contribution < -0.4 is 27.5 Å². The van der Waals surface area contributed by atoms with Crippen LogP contribution in [0.3, 0.4) is 0 Å². The van der Waals surface area contributed by atoms with Gasteiger partial charge in [-0.15, -0.1) is 0 Å². The highest BCUT2D eigenvalue weighted by Gasteiger charge is 2.26. The summed E-state index contributed by atoms with van der Waals surface area (Å²) in [7, 11) is 1.66. The molecule has 3 amide bonds. The van der Waals surface area contributed by atoms with Gasteiger partial charge in [0.25, 0.3) is 0 Å². The Hall–Kier alpha value is -1.99. The molecule has 0 saturated carbocycles. The van der Waals surface area contributed by atoms with Crippen LogP contribution in [0, 0.1) is 0 Å². The highest BCUT2D eigenvalue weighted by Crippen LogP contribution is 1.95. The Morgan fingerprint density at radius 3 is 2.28 bits per heavy atom. The normalized spacial score (nSPS) is 15.9. The smallest absolute Gasteiger partial charge is 0.328 e. The van der Waals surface area contributed by atoms with Crippen molar-refractivity contribution in [3.63, 3.8) is 0 Å². The maximum absolute atomic E-state index is 11.9. The number of hydrogen-bond donors (Lipinski definition) is 8. The molecule has 12 heteroatoms. The van der Waals surface area contributed by atoms with E-state index >= 15 is 0 Å². The van der Waals surface area contributed by atoms with Crippen LogP contribution in [0.2, 0.25) is 0 Å². The summed E-state index contributed by atoms with van der Waals surface area (Å²) in [6.07, 6.45) is -1.49. The molecule has 146 valence electrons. The first kappa shape index (κ1) is 23.0. The molecule has 0 aromatic carbocycles. The molecular formula is C13H28N6O6. The zero-order valence-corrected chi connectivity index (χ0v) is 14.3. The van der Waals surface area contributed by atoms with Gasteiger partial charge >= 0.3 is 12.0 Å². The Morgan fingerprint density at radius 1 is 1.24 bits per heavy atom. The van der Waals surface area contributed by atoms with Gasteiger partial charge in [-0.1, -0.05) is 0 Å². The third-order valence-electron chi connectivity index (χ3n) is 3.17. The molecule has 25 heavy (non-hydrogen) atoms. The number of urea groups is 1. The third-order valence-corrected chi connectivity index (χ3v) is 3.17. The minimum Gasteiger partial charge on any atom is -0.480 e. The number of nitrogens with two attached hydrogens (primary N) is 2. The number of primary amides is 1. The van der Waals surface area contributed by atoms with Gasteiger partial charge in [0.05, 0.1) is 18.8 Å². The van der Waals surface area contributed by atoms with E-state index in [0.29, 0.717) is 6.54 Å². The Labute approximate surface area is 145 Å². The van der Waals surface area contributed by atoms with E-state index in [1.54, 1.807) is 12.1 Å². The van der Waals surface area contributed by atoms with Gasteiger partial charge < -0.3 is 37.4 Å². The molecule has 0 aromatic heterocycles. The molecule has 4 atom stereocenters. The molecular weight excluding hydrogens is 336 g/mol. The van der Waals surface area contributed by atoms with Crippen LogP contribution in [0.5, 0.6) is 0 Å². The molecule has 0 spiro atoms. The van der Waals surface area contributed by atoms with Crippen LogP contribution in [-0.4, -0.2) is 89.2 Å². The molecule has 0 aliphatic heterocycles. The van der Waals surface area contributed by atoms with Gasteiger partial charge in [-0.25, -0.2) is 14.6 Å². The molecule has 0 aromatic rings. The number of aliphatic hydroxyl groups is 2. The van der Waals surface area contributed by atoms with E-state index in [4.69, 9.17) is 21.7 Å². The van der Waals surface area contributed by atoms with Crippen molar-refractivity contribution in [1.29, 1.82) is 0 Å². The number of nitrogens with one attached hydrogen (secondary N) is 3. The second-order valence-electron chi connectivity index (χ2n) is 5.73. The summed E-state index contributed by atoms with van der Waals surface area (Å²) in [5.74, 6) is -2.06. The number of aliphatic hydroxyl groups excluding tert-OH is 2. The zero-order valence-electron chi connectivity index (χ0n) is 14.3. The number of hydrazine groups is 1. The molecule has 10 N–H and O–H groups in total. The maximum atomic E-state index is 11.9. The number of likely N-dealkylation sites (N-methyl/N-ethyl adjacent to an activating group) is 1. The fourth-order valence-electron chi connectivity index (χ4n) is 1.91. The molecule has 12 nitrogen and oxygen atoms in total. The topological polar surface area (TPSA) is 203 Å². The van der Waals surface area contributed by atoms with Crippen LogP contribution in [0.15, 0.2) is 0 Å². The molecule has 0 saturated heterocycles. The first-order valence-corrected chi connectivity index (χ1v) is 7.64. The Balaban J connectivity index is 4.63. The van der Waals surface area contributed by atoms with Crippen molar-refractivity contribution in [2.75, 3.05) is 26.7 Å². The summed E-state index contributed by atoms with van der Waals surface area (Å²) >= 11 is 0. The number of carbonyl (C=O) groups is 3. The monoisotopic (exact) mass is 364 g/mol. The first-order chi connectivity index (χ1) is 11.6. The van der Waals surface area contributed by atoms with E-state index in [2.05, 4.69) is 16.1 Å². The van der Waals surface area contributed by atoms with Crippen LogP contribution in [0.4, 0.5) is 4.79 Å². The van der Waals surface area contributed by atoms with Crippen LogP contribution in [0.1, 0.15) is 13.3 Å². The first-order valence-electron chi connectivity index (χ1n) is 7.64. The third kappa shape index (κ3) is 10.5. The predicted octanol–water partition coefficient (Wildman–Crippen LogP) is -3.88. The van der Waals surface area contributed by atoms with Crippen molar-refractivity contribution in [1.82, 2.24) is 21.1 Å². The fourth-order valence-corrected chi connectivity index (χ4v) is 1.91. The fraction of sp³-hybridized carbons (Fsp3) is 0.769. The lowest BCUT2D eigenvalue weighted by Crippen LogP contribution is -2.56. The van der Waals surface area contributed by atoms with Gasteiger partial charge in [0.15, 0.2) is 6.04 Å². The van der Waals surface area contributed by atoms with E-state index in [1.165, 1.54) is 6.92 Å². The van der Waals surface area contributed by atoms with Crippen molar-refractivity contribution < 1.29 is 29.7 Å². The number of carbonyl (C=O) groups excluding carboxylic acids is 2. The second-order valence-corrected chi connectivity index (χ2v) is 5.73. The largest absolute Gasteiger partial charge is 0.480 e. The number of hydrogen-bond acceptors (Lipinski definition) is 8. The molecule has 0 aliphatic rings. The Bertz CT molecular complexity index is 449. The number of amides is 3. The summed E-state index contributed by atoms with van der Waals surface area (Å²) in [4.78, 5) is 34.0. The van der Waals surface area contributed by atoms with E-state index in [-0.39, 0.29) is 19.6 Å². The Kier molecular flexibility index (Phi) is 10.6. The van der Waals surface area contributed by atoms with Gasteiger partial charge in [0.1, 0.15) is 0 Å². The number of rotatable bonds is 12. The van der Waals surface area contributed by atoms with Crippen molar-refractivity contribution in [3.05, 3.63) is 0 Å². The molecule has 0 radical (unpaired) electrons. The highest BCUT2D eigenvalue weighted by molar-refractivity contribution is 5.83. The SMILES string of the molecule is CC(O)[C@H](NC(=O)NC(CNN(C)C[C@@H](N)CO)CC(N)=O)C(=O)O. The van der Waals surface area contributed by atoms with Gasteiger partial charge in [-0.2, -0.15) is 0 Å². The molecule has 0 aliphatic carbocycles. The quantitative estimate of drug-likeness (QED) is 0.159. The maximum Gasteiger partial charge on any atom is 0.328 e. The summed E-state index contributed by atoms with van der Waals surface area (Å²) < 4.78 is 0. The van der Waals surface area contributed by atoms with E-state index in [1.807, 2.05) is 0 Å². The lowest BCUT2D eigenvalue weighted by Gasteiger charge is -2.25. The van der Waals surface area contributed by atoms with Crippen LogP contribution in [-0.2, 0) is 9.59 Å². The van der Waals surface area contributed by atoms with Gasteiger partial charge in [-0.3, -0.25) is 10.2 Å². The lowest BCUT2D eigenvalue weighted by atomic mass is 10.2. The number of aliphatic carboxylic acids is 1. The zero-order chi connectivity index (χ0) is 19.6. The standard InChI is InChI=1S/C13H28N6O6/c1-7(21)11(12(23)24)18-13(25)17-9(3-10(15)22)4-16-19(2)5-8(14)6-20/h7-9,11,16,20-21H,3-6,14H2,1-2H3,(H2,15,22)(H,23,24)(H2,17,18,25)/t7?,8-,9?,11+/m1/s1. The second kappa shape index (κ2) is 11.5. The molecule has 0 rings (SSSR count). The minimum absolute atomic E-state index is 0.109. The highest BCUT2D eigenvalue weighted by atomic mass is 16.4. The molecule has 0 fully saturated rings. The van der Waals surface area contributed by atoms with Gasteiger partial charge in [0.2, 0.25) is 5.91 Å². The summed E-state index contributed by atoms with van der Waals surface area (Å²) in [5, 5.41) is 33.3. The summed E-state index contributed by atoms with van der Waals surface area (Å²) in [6.45, 7) is 1.45. The number of nitrogens with zero attached hydrogens (tertiary/aromatic N) is 1. The van der Waals surface area contributed by atoms with Gasteiger partial charge in [0, 0.05) is 32.6 Å². The van der Waals surface area contributed by atoms with E-state index in [0.717, 1.165) is 0 Å². The van der Waals surface area contributed by atoms with Crippen LogP contribution in [0.25, 0.3) is 0 Å². The number of carboxylic acid groups (broad SMARTS) is 1. The molecule has 2 unspecified atom stereocenters. The lowest BCUT2D eigenvalue weighted by molar-refractivity contribution is -0.141. The minimum atomic E-state index is -1.49. The Morgan fingerprint density at radius 2 is 1.84 bits per heavy atom. The van der Waals surface area contributed by atoms with Crippen molar-refractivity contribution in [2.45, 2.75) is 37.6 Å². The average Bonchev–Trinajstić information content (AvgIpc) is 2.48.